The monoisotopic (exact) mass is 375 g/mol. The molecule has 6 heteroatoms. The van der Waals surface area contributed by atoms with Crippen LogP contribution in [0, 0.1) is 5.82 Å². The van der Waals surface area contributed by atoms with Crippen LogP contribution >= 0.6 is 11.8 Å². The summed E-state index contributed by atoms with van der Waals surface area (Å²) in [7, 11) is 1.74. The van der Waals surface area contributed by atoms with Crippen molar-refractivity contribution < 1.29 is 9.50 Å². The number of phenols is 1. The molecule has 0 amide bonds. The number of guanidine groups is 1. The Balaban J connectivity index is 1.78. The minimum absolute atomic E-state index is 0.200. The maximum atomic E-state index is 13.4. The van der Waals surface area contributed by atoms with Crippen molar-refractivity contribution in [2.75, 3.05) is 19.8 Å². The van der Waals surface area contributed by atoms with Gasteiger partial charge in [0, 0.05) is 25.9 Å². The smallest absolute Gasteiger partial charge is 0.191 e. The highest BCUT2D eigenvalue weighted by Crippen LogP contribution is 2.16. The first-order valence-electron chi connectivity index (χ1n) is 8.61. The zero-order valence-electron chi connectivity index (χ0n) is 15.3. The maximum absolute atomic E-state index is 13.4. The number of benzene rings is 2. The molecule has 26 heavy (non-hydrogen) atoms. The van der Waals surface area contributed by atoms with Gasteiger partial charge in [0.05, 0.1) is 0 Å². The molecule has 0 saturated heterocycles. The molecule has 3 N–H and O–H groups in total. The first-order valence-corrected chi connectivity index (χ1v) is 10.0. The summed E-state index contributed by atoms with van der Waals surface area (Å²) in [5.74, 6) is 1.61. The third-order valence-electron chi connectivity index (χ3n) is 4.01. The van der Waals surface area contributed by atoms with Crippen LogP contribution < -0.4 is 10.6 Å². The molecule has 0 heterocycles. The number of nitrogens with zero attached hydrogens (tertiary/aromatic N) is 1. The van der Waals surface area contributed by atoms with Crippen molar-refractivity contribution in [2.45, 2.75) is 25.1 Å². The zero-order valence-corrected chi connectivity index (χ0v) is 16.1. The second-order valence-electron chi connectivity index (χ2n) is 5.97. The molecule has 2 aromatic rings. The van der Waals surface area contributed by atoms with Crippen LogP contribution in [0.25, 0.3) is 0 Å². The van der Waals surface area contributed by atoms with E-state index in [1.807, 2.05) is 24.5 Å². The van der Waals surface area contributed by atoms with Crippen molar-refractivity contribution in [3.05, 3.63) is 65.0 Å². The molecule has 0 aromatic heterocycles. The predicted molar refractivity (Wildman–Crippen MR) is 108 cm³/mol. The van der Waals surface area contributed by atoms with E-state index in [4.69, 9.17) is 0 Å². The van der Waals surface area contributed by atoms with Crippen LogP contribution in [0.15, 0.2) is 47.5 Å². The van der Waals surface area contributed by atoms with E-state index in [0.717, 1.165) is 42.2 Å². The van der Waals surface area contributed by atoms with Gasteiger partial charge < -0.3 is 15.7 Å². The van der Waals surface area contributed by atoms with Crippen molar-refractivity contribution in [1.29, 1.82) is 0 Å². The second-order valence-corrected chi connectivity index (χ2v) is 6.83. The summed E-state index contributed by atoms with van der Waals surface area (Å²) >= 11 is 1.68. The highest BCUT2D eigenvalue weighted by Gasteiger charge is 2.05. The van der Waals surface area contributed by atoms with Crippen LogP contribution in [0.4, 0.5) is 4.39 Å². The molecule has 0 saturated carbocycles. The van der Waals surface area contributed by atoms with Crippen molar-refractivity contribution in [2.24, 2.45) is 4.99 Å². The van der Waals surface area contributed by atoms with Gasteiger partial charge in [0.1, 0.15) is 11.6 Å². The number of phenolic OH excluding ortho intramolecular Hbond substituents is 1. The van der Waals surface area contributed by atoms with Crippen molar-refractivity contribution in [3.63, 3.8) is 0 Å². The summed E-state index contributed by atoms with van der Waals surface area (Å²) in [4.78, 5) is 4.23. The molecule has 0 aliphatic heterocycles. The summed E-state index contributed by atoms with van der Waals surface area (Å²) < 4.78 is 13.4. The van der Waals surface area contributed by atoms with E-state index in [-0.39, 0.29) is 11.6 Å². The Bertz CT molecular complexity index is 719. The van der Waals surface area contributed by atoms with E-state index in [1.165, 1.54) is 11.6 Å². The van der Waals surface area contributed by atoms with Crippen LogP contribution in [0.2, 0.25) is 0 Å². The molecule has 0 bridgehead atoms. The van der Waals surface area contributed by atoms with E-state index in [1.54, 1.807) is 37.0 Å². The molecule has 0 atom stereocenters. The van der Waals surface area contributed by atoms with Crippen molar-refractivity contribution in [1.82, 2.24) is 10.6 Å². The number of aromatic hydroxyl groups is 1. The van der Waals surface area contributed by atoms with E-state index in [0.29, 0.717) is 6.54 Å². The molecule has 0 spiro atoms. The van der Waals surface area contributed by atoms with Crippen LogP contribution in [0.1, 0.15) is 23.1 Å². The Morgan fingerprint density at radius 3 is 2.58 bits per heavy atom. The van der Waals surface area contributed by atoms with Gasteiger partial charge >= 0.3 is 0 Å². The normalized spacial score (nSPS) is 11.4. The van der Waals surface area contributed by atoms with Gasteiger partial charge in [-0.2, -0.15) is 11.8 Å². The highest BCUT2D eigenvalue weighted by molar-refractivity contribution is 7.97. The molecule has 140 valence electrons. The topological polar surface area (TPSA) is 56.7 Å². The number of hydrogen-bond donors (Lipinski definition) is 3. The number of halogens is 1. The van der Waals surface area contributed by atoms with Gasteiger partial charge in [0.15, 0.2) is 5.96 Å². The quantitative estimate of drug-likeness (QED) is 0.374. The fourth-order valence-electron chi connectivity index (χ4n) is 2.62. The number of rotatable bonds is 8. The summed E-state index contributed by atoms with van der Waals surface area (Å²) in [5, 5.41) is 15.9. The lowest BCUT2D eigenvalue weighted by molar-refractivity contribution is 0.475. The van der Waals surface area contributed by atoms with Crippen molar-refractivity contribution >= 4 is 17.7 Å². The maximum Gasteiger partial charge on any atom is 0.191 e. The summed E-state index contributed by atoms with van der Waals surface area (Å²) in [6.07, 6.45) is 3.90. The molecule has 2 aromatic carbocycles. The fraction of sp³-hybridized carbons (Fsp3) is 0.350. The molecular weight excluding hydrogens is 349 g/mol. The molecule has 0 fully saturated rings. The minimum atomic E-state index is -0.200. The Morgan fingerprint density at radius 1 is 1.12 bits per heavy atom. The van der Waals surface area contributed by atoms with Crippen molar-refractivity contribution in [3.8, 4) is 5.75 Å². The SMILES string of the molecule is CN=C(NCCCc1ccc(O)cc1)NCc1ccc(F)cc1CSC. The molecule has 4 nitrogen and oxygen atoms in total. The lowest BCUT2D eigenvalue weighted by Crippen LogP contribution is -2.37. The number of thioether (sulfide) groups is 1. The van der Waals surface area contributed by atoms with Gasteiger partial charge in [0.2, 0.25) is 0 Å². The lowest BCUT2D eigenvalue weighted by atomic mass is 10.1. The first-order chi connectivity index (χ1) is 12.6. The second kappa shape index (κ2) is 10.7. The van der Waals surface area contributed by atoms with Crippen LogP contribution in [0.3, 0.4) is 0 Å². The summed E-state index contributed by atoms with van der Waals surface area (Å²) in [6.45, 7) is 1.40. The van der Waals surface area contributed by atoms with Crippen LogP contribution in [-0.2, 0) is 18.7 Å². The summed E-state index contributed by atoms with van der Waals surface area (Å²) in [5.41, 5.74) is 3.28. The number of aliphatic imine (C=N–C) groups is 1. The average Bonchev–Trinajstić information content (AvgIpc) is 2.64. The van der Waals surface area contributed by atoms with Gasteiger partial charge in [-0.25, -0.2) is 4.39 Å². The molecule has 0 radical (unpaired) electrons. The molecule has 2 rings (SSSR count). The van der Waals surface area contributed by atoms with Crippen LogP contribution in [0.5, 0.6) is 5.75 Å². The van der Waals surface area contributed by atoms with E-state index in [9.17, 15) is 9.50 Å². The molecular formula is C20H26FN3OS. The Hall–Kier alpha value is -2.21. The molecule has 0 aliphatic rings. The van der Waals surface area contributed by atoms with Gasteiger partial charge in [-0.15, -0.1) is 0 Å². The number of hydrogen-bond acceptors (Lipinski definition) is 3. The lowest BCUT2D eigenvalue weighted by Gasteiger charge is -2.14. The predicted octanol–water partition coefficient (Wildman–Crippen LogP) is 3.69. The zero-order chi connectivity index (χ0) is 18.8. The Labute approximate surface area is 158 Å². The summed E-state index contributed by atoms with van der Waals surface area (Å²) in [6, 6.07) is 12.2. The van der Waals surface area contributed by atoms with E-state index >= 15 is 0 Å². The number of aryl methyl sites for hydroxylation is 1. The molecule has 0 aliphatic carbocycles. The van der Waals surface area contributed by atoms with Gasteiger partial charge in [-0.05, 0) is 60.1 Å². The third kappa shape index (κ3) is 6.59. The number of nitrogens with one attached hydrogen (secondary N) is 2. The standard InChI is InChI=1S/C20H26FN3OS/c1-22-20(23-11-3-4-15-5-9-19(25)10-6-15)24-13-16-7-8-18(21)12-17(16)14-26-2/h5-10,12,25H,3-4,11,13-14H2,1-2H3,(H2,22,23,24). The van der Waals surface area contributed by atoms with E-state index in [2.05, 4.69) is 15.6 Å². The Kier molecular flexibility index (Phi) is 8.28. The third-order valence-corrected chi connectivity index (χ3v) is 4.61. The Morgan fingerprint density at radius 2 is 1.88 bits per heavy atom. The van der Waals surface area contributed by atoms with Gasteiger partial charge in [0.25, 0.3) is 0 Å². The molecule has 0 unspecified atom stereocenters. The van der Waals surface area contributed by atoms with Gasteiger partial charge in [-0.3, -0.25) is 4.99 Å². The van der Waals surface area contributed by atoms with Crippen LogP contribution in [-0.4, -0.2) is 30.9 Å². The van der Waals surface area contributed by atoms with E-state index < -0.39 is 0 Å². The largest absolute Gasteiger partial charge is 0.508 e. The fourth-order valence-corrected chi connectivity index (χ4v) is 3.20. The highest BCUT2D eigenvalue weighted by atomic mass is 32.2. The van der Waals surface area contributed by atoms with Gasteiger partial charge in [-0.1, -0.05) is 18.2 Å². The average molecular weight is 376 g/mol. The first kappa shape index (κ1) is 20.1. The minimum Gasteiger partial charge on any atom is -0.508 e.